The topological polar surface area (TPSA) is 35.5 Å². The molecule has 2 rings (SSSR count). The normalized spacial score (nSPS) is 10.8. The second-order valence-electron chi connectivity index (χ2n) is 7.48. The van der Waals surface area contributed by atoms with Crippen molar-refractivity contribution in [3.05, 3.63) is 59.2 Å². The second-order valence-corrected chi connectivity index (χ2v) is 7.48. The van der Waals surface area contributed by atoms with Crippen molar-refractivity contribution in [2.75, 3.05) is 6.61 Å². The molecule has 2 aromatic carbocycles. The van der Waals surface area contributed by atoms with Gasteiger partial charge in [-0.3, -0.25) is 0 Å². The fourth-order valence-electron chi connectivity index (χ4n) is 3.13. The lowest BCUT2D eigenvalue weighted by Crippen LogP contribution is -2.10. The van der Waals surface area contributed by atoms with Gasteiger partial charge in [-0.15, -0.1) is 0 Å². The minimum absolute atomic E-state index is 0.247. The third kappa shape index (κ3) is 7.43. The Hall–Kier alpha value is -2.43. The van der Waals surface area contributed by atoms with E-state index in [1.807, 2.05) is 6.92 Å². The van der Waals surface area contributed by atoms with E-state index >= 15 is 0 Å². The standard InChI is InChI=1S/C25H32F2O3/c1-3-5-7-8-9-10-18-29-21-15-12-20(13-16-21)25(28)30-22-17-14-19(11-6-4-2)23(26)24(22)27/h12-17H,3-11,18H2,1-2H3. The van der Waals surface area contributed by atoms with Gasteiger partial charge in [0.25, 0.3) is 0 Å². The highest BCUT2D eigenvalue weighted by Gasteiger charge is 2.18. The number of aryl methyl sites for hydroxylation is 1. The zero-order valence-corrected chi connectivity index (χ0v) is 18.0. The first kappa shape index (κ1) is 23.8. The van der Waals surface area contributed by atoms with Crippen molar-refractivity contribution in [3.63, 3.8) is 0 Å². The molecule has 0 spiro atoms. The van der Waals surface area contributed by atoms with Crippen molar-refractivity contribution in [1.29, 1.82) is 0 Å². The average Bonchev–Trinajstić information content (AvgIpc) is 2.76. The third-order valence-electron chi connectivity index (χ3n) is 4.99. The first-order valence-electron chi connectivity index (χ1n) is 11.0. The molecule has 0 radical (unpaired) electrons. The van der Waals surface area contributed by atoms with E-state index in [9.17, 15) is 13.6 Å². The van der Waals surface area contributed by atoms with Crippen LogP contribution in [0.1, 0.15) is 81.1 Å². The van der Waals surface area contributed by atoms with Crippen LogP contribution in [0.2, 0.25) is 0 Å². The molecule has 0 heterocycles. The maximum Gasteiger partial charge on any atom is 0.343 e. The number of esters is 1. The van der Waals surface area contributed by atoms with Crippen molar-refractivity contribution >= 4 is 5.97 Å². The molecule has 0 saturated heterocycles. The maximum absolute atomic E-state index is 14.2. The van der Waals surface area contributed by atoms with Crippen LogP contribution in [0.4, 0.5) is 8.78 Å². The van der Waals surface area contributed by atoms with Crippen molar-refractivity contribution in [3.8, 4) is 11.5 Å². The molecule has 2 aromatic rings. The van der Waals surface area contributed by atoms with E-state index in [0.29, 0.717) is 24.3 Å². The lowest BCUT2D eigenvalue weighted by Gasteiger charge is -2.10. The predicted molar refractivity (Wildman–Crippen MR) is 115 cm³/mol. The Bertz CT molecular complexity index is 788. The minimum Gasteiger partial charge on any atom is -0.494 e. The molecule has 0 unspecified atom stereocenters. The lowest BCUT2D eigenvalue weighted by molar-refractivity contribution is 0.0726. The molecule has 0 atom stereocenters. The van der Waals surface area contributed by atoms with Crippen molar-refractivity contribution in [1.82, 2.24) is 0 Å². The first-order chi connectivity index (χ1) is 14.6. The van der Waals surface area contributed by atoms with Crippen LogP contribution in [0.5, 0.6) is 11.5 Å². The highest BCUT2D eigenvalue weighted by Crippen LogP contribution is 2.25. The number of unbranched alkanes of at least 4 members (excludes halogenated alkanes) is 6. The molecule has 0 bridgehead atoms. The summed E-state index contributed by atoms with van der Waals surface area (Å²) in [4.78, 5) is 12.3. The lowest BCUT2D eigenvalue weighted by atomic mass is 10.1. The van der Waals surface area contributed by atoms with E-state index in [2.05, 4.69) is 6.92 Å². The second kappa shape index (κ2) is 13.0. The van der Waals surface area contributed by atoms with Crippen LogP contribution in [0.3, 0.4) is 0 Å². The fourth-order valence-corrected chi connectivity index (χ4v) is 3.13. The number of ether oxygens (including phenoxy) is 2. The predicted octanol–water partition coefficient (Wildman–Crippen LogP) is 7.27. The van der Waals surface area contributed by atoms with Gasteiger partial charge in [0, 0.05) is 0 Å². The quantitative estimate of drug-likeness (QED) is 0.195. The zero-order valence-electron chi connectivity index (χ0n) is 18.0. The Morgan fingerprint density at radius 2 is 1.47 bits per heavy atom. The van der Waals surface area contributed by atoms with E-state index in [-0.39, 0.29) is 5.56 Å². The SMILES string of the molecule is CCCCCCCCOc1ccc(C(=O)Oc2ccc(CCCC)c(F)c2F)cc1. The Labute approximate surface area is 178 Å². The number of hydrogen-bond acceptors (Lipinski definition) is 3. The third-order valence-corrected chi connectivity index (χ3v) is 4.99. The number of halogens is 2. The van der Waals surface area contributed by atoms with Gasteiger partial charge in [0.1, 0.15) is 5.75 Å². The zero-order chi connectivity index (χ0) is 21.8. The summed E-state index contributed by atoms with van der Waals surface area (Å²) in [5.41, 5.74) is 0.540. The van der Waals surface area contributed by atoms with E-state index < -0.39 is 23.4 Å². The maximum atomic E-state index is 14.2. The van der Waals surface area contributed by atoms with Gasteiger partial charge in [-0.2, -0.15) is 4.39 Å². The molecule has 0 aliphatic carbocycles. The summed E-state index contributed by atoms with van der Waals surface area (Å²) in [5.74, 6) is -2.56. The molecule has 0 fully saturated rings. The van der Waals surface area contributed by atoms with E-state index in [1.165, 1.54) is 37.8 Å². The van der Waals surface area contributed by atoms with Crippen LogP contribution in [-0.4, -0.2) is 12.6 Å². The molecule has 0 N–H and O–H groups in total. The molecule has 164 valence electrons. The largest absolute Gasteiger partial charge is 0.494 e. The molecule has 0 aromatic heterocycles. The Morgan fingerprint density at radius 3 is 2.17 bits per heavy atom. The molecule has 5 heteroatoms. The highest BCUT2D eigenvalue weighted by atomic mass is 19.2. The van der Waals surface area contributed by atoms with Crippen molar-refractivity contribution in [2.24, 2.45) is 0 Å². The summed E-state index contributed by atoms with van der Waals surface area (Å²) in [7, 11) is 0. The first-order valence-corrected chi connectivity index (χ1v) is 11.0. The Morgan fingerprint density at radius 1 is 0.800 bits per heavy atom. The van der Waals surface area contributed by atoms with Crippen LogP contribution < -0.4 is 9.47 Å². The van der Waals surface area contributed by atoms with E-state index in [0.717, 1.165) is 25.7 Å². The van der Waals surface area contributed by atoms with Gasteiger partial charge in [-0.05, 0) is 55.2 Å². The van der Waals surface area contributed by atoms with Gasteiger partial charge in [-0.25, -0.2) is 9.18 Å². The van der Waals surface area contributed by atoms with Crippen LogP contribution >= 0.6 is 0 Å². The summed E-state index contributed by atoms with van der Waals surface area (Å²) in [6.45, 7) is 4.81. The molecule has 0 amide bonds. The summed E-state index contributed by atoms with van der Waals surface area (Å²) in [5, 5.41) is 0. The monoisotopic (exact) mass is 418 g/mol. The molecular weight excluding hydrogens is 386 g/mol. The van der Waals surface area contributed by atoms with E-state index in [4.69, 9.17) is 9.47 Å². The van der Waals surface area contributed by atoms with E-state index in [1.54, 1.807) is 24.3 Å². The molecule has 3 nitrogen and oxygen atoms in total. The van der Waals surface area contributed by atoms with Gasteiger partial charge >= 0.3 is 5.97 Å². The number of carbonyl (C=O) groups is 1. The summed E-state index contributed by atoms with van der Waals surface area (Å²) >= 11 is 0. The molecule has 0 aliphatic heterocycles. The number of carbonyl (C=O) groups excluding carboxylic acids is 1. The van der Waals surface area contributed by atoms with Gasteiger partial charge < -0.3 is 9.47 Å². The molecular formula is C25H32F2O3. The number of benzene rings is 2. The number of hydrogen-bond donors (Lipinski definition) is 0. The summed E-state index contributed by atoms with van der Waals surface area (Å²) < 4.78 is 39.1. The Balaban J connectivity index is 1.85. The van der Waals surface area contributed by atoms with Crippen LogP contribution in [-0.2, 0) is 6.42 Å². The van der Waals surface area contributed by atoms with Gasteiger partial charge in [0.05, 0.1) is 12.2 Å². The summed E-state index contributed by atoms with van der Waals surface area (Å²) in [6, 6.07) is 9.25. The van der Waals surface area contributed by atoms with Gasteiger partial charge in [0.15, 0.2) is 11.6 Å². The molecule has 0 saturated carbocycles. The number of rotatable bonds is 13. The van der Waals surface area contributed by atoms with Gasteiger partial charge in [0.2, 0.25) is 5.82 Å². The summed E-state index contributed by atoms with van der Waals surface area (Å²) in [6.07, 6.45) is 9.23. The van der Waals surface area contributed by atoms with Crippen molar-refractivity contribution in [2.45, 2.75) is 71.6 Å². The Kier molecular flexibility index (Phi) is 10.3. The van der Waals surface area contributed by atoms with Crippen LogP contribution in [0, 0.1) is 11.6 Å². The molecule has 30 heavy (non-hydrogen) atoms. The van der Waals surface area contributed by atoms with Crippen molar-refractivity contribution < 1.29 is 23.0 Å². The fraction of sp³-hybridized carbons (Fsp3) is 0.480. The smallest absolute Gasteiger partial charge is 0.343 e. The molecule has 0 aliphatic rings. The van der Waals surface area contributed by atoms with Crippen LogP contribution in [0.25, 0.3) is 0 Å². The van der Waals surface area contributed by atoms with Gasteiger partial charge in [-0.1, -0.05) is 58.4 Å². The average molecular weight is 419 g/mol. The van der Waals surface area contributed by atoms with Crippen LogP contribution in [0.15, 0.2) is 36.4 Å². The highest BCUT2D eigenvalue weighted by molar-refractivity contribution is 5.91. The minimum atomic E-state index is -1.13.